The summed E-state index contributed by atoms with van der Waals surface area (Å²) < 4.78 is 0. The van der Waals surface area contributed by atoms with Gasteiger partial charge in [0.25, 0.3) is 0 Å². The Bertz CT molecular complexity index is 277. The van der Waals surface area contributed by atoms with Crippen LogP contribution >= 0.6 is 0 Å². The Hall–Kier alpha value is -1.26. The van der Waals surface area contributed by atoms with Gasteiger partial charge in [0.15, 0.2) is 0 Å². The van der Waals surface area contributed by atoms with Crippen molar-refractivity contribution in [3.8, 4) is 0 Å². The maximum absolute atomic E-state index is 3.80. The summed E-state index contributed by atoms with van der Waals surface area (Å²) in [5, 5.41) is 7.51. The molecule has 0 radical (unpaired) electrons. The molecule has 0 saturated carbocycles. The zero-order chi connectivity index (χ0) is 8.93. The molecule has 0 amide bonds. The predicted octanol–water partition coefficient (Wildman–Crippen LogP) is 0.214. The topological polar surface area (TPSA) is 49.8 Å². The van der Waals surface area contributed by atoms with Gasteiger partial charge in [-0.05, 0) is 11.6 Å². The maximum atomic E-state index is 3.80. The highest BCUT2D eigenvalue weighted by Gasteiger charge is 2.09. The summed E-state index contributed by atoms with van der Waals surface area (Å²) in [4.78, 5) is 0. The van der Waals surface area contributed by atoms with Crippen LogP contribution in [0.3, 0.4) is 0 Å². The van der Waals surface area contributed by atoms with E-state index in [2.05, 4.69) is 33.2 Å². The van der Waals surface area contributed by atoms with E-state index < -0.39 is 0 Å². The molecule has 1 aromatic heterocycles. The Morgan fingerprint density at radius 1 is 1.31 bits per heavy atom. The van der Waals surface area contributed by atoms with Gasteiger partial charge in [-0.3, -0.25) is 10.9 Å². The zero-order valence-electron chi connectivity index (χ0n) is 7.27. The summed E-state index contributed by atoms with van der Waals surface area (Å²) in [7, 11) is 0. The molecule has 0 unspecified atom stereocenters. The molecule has 0 atom stereocenters. The second-order valence-electron chi connectivity index (χ2n) is 3.06. The van der Waals surface area contributed by atoms with Crippen LogP contribution in [0.4, 0.5) is 0 Å². The number of hydrogen-bond acceptors (Lipinski definition) is 4. The van der Waals surface area contributed by atoms with Gasteiger partial charge >= 0.3 is 0 Å². The van der Waals surface area contributed by atoms with E-state index in [1.807, 2.05) is 6.07 Å². The highest BCUT2D eigenvalue weighted by Crippen LogP contribution is 2.04. The Morgan fingerprint density at radius 2 is 2.15 bits per heavy atom. The second kappa shape index (κ2) is 4.11. The van der Waals surface area contributed by atoms with Crippen molar-refractivity contribution in [2.24, 2.45) is 5.92 Å². The van der Waals surface area contributed by atoms with Crippen LogP contribution in [0.2, 0.25) is 0 Å². The highest BCUT2D eigenvalue weighted by molar-refractivity contribution is 5.47. The van der Waals surface area contributed by atoms with Crippen molar-refractivity contribution >= 4 is 6.08 Å². The largest absolute Gasteiger partial charge is 0.257 e. The first-order chi connectivity index (χ1) is 6.45. The number of nitrogens with zero attached hydrogens (tertiary/aromatic N) is 2. The van der Waals surface area contributed by atoms with E-state index in [4.69, 9.17) is 0 Å². The van der Waals surface area contributed by atoms with Crippen molar-refractivity contribution in [3.63, 3.8) is 0 Å². The number of hydrazine groups is 1. The Balaban J connectivity index is 1.97. The molecule has 1 aliphatic rings. The van der Waals surface area contributed by atoms with Crippen LogP contribution < -0.4 is 10.9 Å². The van der Waals surface area contributed by atoms with Gasteiger partial charge < -0.3 is 0 Å². The number of aromatic nitrogens is 2. The third-order valence-corrected chi connectivity index (χ3v) is 2.02. The smallest absolute Gasteiger partial charge is 0.0568 e. The van der Waals surface area contributed by atoms with E-state index in [0.717, 1.165) is 18.7 Å². The van der Waals surface area contributed by atoms with E-state index in [9.17, 15) is 0 Å². The highest BCUT2D eigenvalue weighted by atomic mass is 15.4. The molecule has 0 spiro atoms. The lowest BCUT2D eigenvalue weighted by atomic mass is 10.1. The minimum Gasteiger partial charge on any atom is -0.257 e. The average Bonchev–Trinajstić information content (AvgIpc) is 2.69. The van der Waals surface area contributed by atoms with Crippen LogP contribution in [0.1, 0.15) is 5.56 Å². The molecule has 2 rings (SSSR count). The Labute approximate surface area is 77.0 Å². The van der Waals surface area contributed by atoms with Gasteiger partial charge in [0, 0.05) is 19.0 Å². The van der Waals surface area contributed by atoms with Crippen LogP contribution in [0.25, 0.3) is 6.08 Å². The molecule has 1 saturated heterocycles. The van der Waals surface area contributed by atoms with Gasteiger partial charge in [0.1, 0.15) is 0 Å². The fourth-order valence-electron chi connectivity index (χ4n) is 1.26. The molecule has 0 aromatic carbocycles. The van der Waals surface area contributed by atoms with Crippen LogP contribution in [-0.2, 0) is 0 Å². The van der Waals surface area contributed by atoms with E-state index in [-0.39, 0.29) is 0 Å². The minimum atomic E-state index is 0.577. The van der Waals surface area contributed by atoms with Crippen molar-refractivity contribution in [2.45, 2.75) is 0 Å². The molecule has 2 heterocycles. The van der Waals surface area contributed by atoms with Gasteiger partial charge in [0.05, 0.1) is 12.4 Å². The lowest BCUT2D eigenvalue weighted by Gasteiger charge is -1.97. The normalized spacial score (nSPS) is 18.5. The Kier molecular flexibility index (Phi) is 2.64. The van der Waals surface area contributed by atoms with Crippen LogP contribution in [0.5, 0.6) is 0 Å². The van der Waals surface area contributed by atoms with Gasteiger partial charge in [-0.2, -0.15) is 10.2 Å². The standard InChI is InChI=1S/C9H12N4/c1(2-9-6-12-13-7-9)8-3-4-10-11-5-8/h1-5,9,12-13H,6-7H2/b2-1+. The summed E-state index contributed by atoms with van der Waals surface area (Å²) in [5.41, 5.74) is 7.26. The van der Waals surface area contributed by atoms with Crippen LogP contribution in [0, 0.1) is 5.92 Å². The van der Waals surface area contributed by atoms with Crippen molar-refractivity contribution in [3.05, 3.63) is 30.1 Å². The lowest BCUT2D eigenvalue weighted by Crippen LogP contribution is -2.21. The summed E-state index contributed by atoms with van der Waals surface area (Å²) in [5.74, 6) is 0.577. The van der Waals surface area contributed by atoms with Crippen molar-refractivity contribution in [1.29, 1.82) is 0 Å². The van der Waals surface area contributed by atoms with Crippen molar-refractivity contribution in [2.75, 3.05) is 13.1 Å². The first-order valence-corrected chi connectivity index (χ1v) is 4.36. The van der Waals surface area contributed by atoms with E-state index >= 15 is 0 Å². The molecule has 2 N–H and O–H groups in total. The van der Waals surface area contributed by atoms with Crippen molar-refractivity contribution in [1.82, 2.24) is 21.0 Å². The number of hydrogen-bond donors (Lipinski definition) is 2. The summed E-state index contributed by atoms with van der Waals surface area (Å²) in [6.07, 6.45) is 7.72. The van der Waals surface area contributed by atoms with Crippen LogP contribution in [-0.4, -0.2) is 23.3 Å². The third-order valence-electron chi connectivity index (χ3n) is 2.02. The Morgan fingerprint density at radius 3 is 2.85 bits per heavy atom. The van der Waals surface area contributed by atoms with E-state index in [1.165, 1.54) is 0 Å². The summed E-state index contributed by atoms with van der Waals surface area (Å²) in [6.45, 7) is 1.99. The van der Waals surface area contributed by atoms with E-state index in [1.54, 1.807) is 12.4 Å². The predicted molar refractivity (Wildman–Crippen MR) is 50.6 cm³/mol. The fourth-order valence-corrected chi connectivity index (χ4v) is 1.26. The molecule has 4 heteroatoms. The van der Waals surface area contributed by atoms with Gasteiger partial charge in [-0.1, -0.05) is 12.2 Å². The molecule has 0 bridgehead atoms. The lowest BCUT2D eigenvalue weighted by molar-refractivity contribution is 0.689. The SMILES string of the molecule is C(=C\C1CNNC1)/c1ccnnc1. The van der Waals surface area contributed by atoms with E-state index in [0.29, 0.717) is 5.92 Å². The van der Waals surface area contributed by atoms with Crippen molar-refractivity contribution < 1.29 is 0 Å². The fraction of sp³-hybridized carbons (Fsp3) is 0.333. The summed E-state index contributed by atoms with van der Waals surface area (Å²) >= 11 is 0. The average molecular weight is 176 g/mol. The maximum Gasteiger partial charge on any atom is 0.0568 e. The number of nitrogens with one attached hydrogen (secondary N) is 2. The zero-order valence-corrected chi connectivity index (χ0v) is 7.27. The first-order valence-electron chi connectivity index (χ1n) is 4.36. The first kappa shape index (κ1) is 8.34. The second-order valence-corrected chi connectivity index (χ2v) is 3.06. The summed E-state index contributed by atoms with van der Waals surface area (Å²) in [6, 6.07) is 1.94. The van der Waals surface area contributed by atoms with Gasteiger partial charge in [-0.25, -0.2) is 0 Å². The molecule has 0 aliphatic carbocycles. The minimum absolute atomic E-state index is 0.577. The molecule has 1 fully saturated rings. The molecule has 13 heavy (non-hydrogen) atoms. The van der Waals surface area contributed by atoms with Crippen LogP contribution in [0.15, 0.2) is 24.5 Å². The molecular formula is C9H12N4. The quantitative estimate of drug-likeness (QED) is 0.676. The van der Waals surface area contributed by atoms with Gasteiger partial charge in [-0.15, -0.1) is 0 Å². The third kappa shape index (κ3) is 2.34. The number of rotatable bonds is 2. The molecule has 1 aromatic rings. The monoisotopic (exact) mass is 176 g/mol. The van der Waals surface area contributed by atoms with Gasteiger partial charge in [0.2, 0.25) is 0 Å². The molecule has 4 nitrogen and oxygen atoms in total. The molecular weight excluding hydrogens is 164 g/mol. The molecule has 1 aliphatic heterocycles. The molecule has 68 valence electrons.